The van der Waals surface area contributed by atoms with Gasteiger partial charge in [-0.05, 0) is 48.1 Å². The van der Waals surface area contributed by atoms with E-state index in [1.165, 1.54) is 0 Å². The van der Waals surface area contributed by atoms with Crippen LogP contribution in [0.1, 0.15) is 47.7 Å². The molecule has 184 valence electrons. The van der Waals surface area contributed by atoms with Crippen LogP contribution in [-0.2, 0) is 22.6 Å². The summed E-state index contributed by atoms with van der Waals surface area (Å²) < 4.78 is 10.9. The molecule has 0 saturated heterocycles. The number of methoxy groups -OCH3 is 2. The number of hydrogen-bond donors (Lipinski definition) is 1. The fraction of sp³-hybridized carbons (Fsp3) is 0.357. The lowest BCUT2D eigenvalue weighted by Crippen LogP contribution is -2.46. The van der Waals surface area contributed by atoms with Crippen LogP contribution in [0.3, 0.4) is 0 Å². The number of hydrogen-bond acceptors (Lipinski definition) is 5. The first-order valence-corrected chi connectivity index (χ1v) is 12.8. The molecule has 7 heteroatoms. The summed E-state index contributed by atoms with van der Waals surface area (Å²) in [6.45, 7) is 0.253. The summed E-state index contributed by atoms with van der Waals surface area (Å²) in [6.07, 6.45) is 4.39. The van der Waals surface area contributed by atoms with Crippen LogP contribution in [0, 0.1) is 0 Å². The van der Waals surface area contributed by atoms with Gasteiger partial charge in [-0.15, -0.1) is 11.3 Å². The number of nitrogens with one attached hydrogen (secondary N) is 1. The zero-order valence-corrected chi connectivity index (χ0v) is 21.1. The summed E-state index contributed by atoms with van der Waals surface area (Å²) >= 11 is 1.54. The maximum absolute atomic E-state index is 13.8. The van der Waals surface area contributed by atoms with E-state index in [2.05, 4.69) is 5.32 Å². The SMILES string of the molecule is COc1ccc([C@H](C(=O)NC2CCCC2)N(Cc2ccccc2OC)C(=O)Cc2cccs2)cc1. The lowest BCUT2D eigenvalue weighted by atomic mass is 10.0. The van der Waals surface area contributed by atoms with Gasteiger partial charge in [0.15, 0.2) is 0 Å². The van der Waals surface area contributed by atoms with Crippen molar-refractivity contribution in [3.63, 3.8) is 0 Å². The third-order valence-electron chi connectivity index (χ3n) is 6.45. The normalized spacial score (nSPS) is 14.3. The van der Waals surface area contributed by atoms with Crippen LogP contribution < -0.4 is 14.8 Å². The van der Waals surface area contributed by atoms with Crippen molar-refractivity contribution in [3.8, 4) is 11.5 Å². The van der Waals surface area contributed by atoms with E-state index in [4.69, 9.17) is 9.47 Å². The third-order valence-corrected chi connectivity index (χ3v) is 7.33. The molecule has 1 saturated carbocycles. The number of nitrogens with zero attached hydrogens (tertiary/aromatic N) is 1. The predicted molar refractivity (Wildman–Crippen MR) is 138 cm³/mol. The molecule has 0 unspecified atom stereocenters. The molecule has 1 aliphatic rings. The van der Waals surface area contributed by atoms with E-state index in [0.717, 1.165) is 41.7 Å². The number of para-hydroxylation sites is 1. The predicted octanol–water partition coefficient (Wildman–Crippen LogP) is 5.14. The van der Waals surface area contributed by atoms with Crippen molar-refractivity contribution in [2.75, 3.05) is 14.2 Å². The van der Waals surface area contributed by atoms with Gasteiger partial charge in [0, 0.05) is 16.5 Å². The highest BCUT2D eigenvalue weighted by molar-refractivity contribution is 7.10. The Morgan fingerprint density at radius 1 is 1.00 bits per heavy atom. The highest BCUT2D eigenvalue weighted by Crippen LogP contribution is 2.30. The molecule has 35 heavy (non-hydrogen) atoms. The molecule has 3 aromatic rings. The number of thiophene rings is 1. The summed E-state index contributed by atoms with van der Waals surface area (Å²) in [6, 6.07) is 18.3. The number of ether oxygens (including phenoxy) is 2. The Bertz CT molecular complexity index is 1110. The Morgan fingerprint density at radius 3 is 2.40 bits per heavy atom. The quantitative estimate of drug-likeness (QED) is 0.426. The summed E-state index contributed by atoms with van der Waals surface area (Å²) in [5.41, 5.74) is 1.59. The second-order valence-electron chi connectivity index (χ2n) is 8.76. The monoisotopic (exact) mass is 492 g/mol. The molecule has 1 heterocycles. The van der Waals surface area contributed by atoms with Crippen LogP contribution in [0.15, 0.2) is 66.0 Å². The van der Waals surface area contributed by atoms with Gasteiger partial charge >= 0.3 is 0 Å². The fourth-order valence-corrected chi connectivity index (χ4v) is 5.31. The molecular weight excluding hydrogens is 460 g/mol. The smallest absolute Gasteiger partial charge is 0.247 e. The molecule has 0 spiro atoms. The van der Waals surface area contributed by atoms with Gasteiger partial charge in [0.05, 0.1) is 27.2 Å². The van der Waals surface area contributed by atoms with Gasteiger partial charge < -0.3 is 19.7 Å². The number of amides is 2. The Kier molecular flexibility index (Phi) is 8.42. The molecule has 0 radical (unpaired) electrons. The van der Waals surface area contributed by atoms with E-state index < -0.39 is 6.04 Å². The first-order chi connectivity index (χ1) is 17.1. The van der Waals surface area contributed by atoms with Crippen LogP contribution in [-0.4, -0.2) is 37.0 Å². The summed E-state index contributed by atoms with van der Waals surface area (Å²) in [5, 5.41) is 5.18. The van der Waals surface area contributed by atoms with Crippen molar-refractivity contribution >= 4 is 23.2 Å². The van der Waals surface area contributed by atoms with Crippen molar-refractivity contribution in [1.82, 2.24) is 10.2 Å². The van der Waals surface area contributed by atoms with Crippen LogP contribution in [0.4, 0.5) is 0 Å². The molecule has 2 aromatic carbocycles. The minimum Gasteiger partial charge on any atom is -0.497 e. The average Bonchev–Trinajstić information content (AvgIpc) is 3.59. The Hall–Kier alpha value is -3.32. The summed E-state index contributed by atoms with van der Waals surface area (Å²) in [5.74, 6) is 1.12. The molecule has 1 fully saturated rings. The van der Waals surface area contributed by atoms with Crippen molar-refractivity contribution < 1.29 is 19.1 Å². The second-order valence-corrected chi connectivity index (χ2v) is 9.79. The van der Waals surface area contributed by atoms with Crippen molar-refractivity contribution in [2.45, 2.75) is 50.7 Å². The molecular formula is C28H32N2O4S. The third kappa shape index (κ3) is 6.22. The minimum absolute atomic E-state index is 0.110. The molecule has 4 rings (SSSR count). The molecule has 1 N–H and O–H groups in total. The molecule has 1 atom stereocenters. The fourth-order valence-electron chi connectivity index (χ4n) is 4.61. The number of carbonyl (C=O) groups excluding carboxylic acids is 2. The Labute approximate surface area is 210 Å². The van der Waals surface area contributed by atoms with E-state index in [1.807, 2.05) is 66.0 Å². The maximum Gasteiger partial charge on any atom is 0.247 e. The van der Waals surface area contributed by atoms with E-state index in [1.54, 1.807) is 30.5 Å². The molecule has 1 aromatic heterocycles. The largest absolute Gasteiger partial charge is 0.497 e. The summed E-state index contributed by atoms with van der Waals surface area (Å²) in [7, 11) is 3.22. The molecule has 2 amide bonds. The van der Waals surface area contributed by atoms with Crippen molar-refractivity contribution in [1.29, 1.82) is 0 Å². The topological polar surface area (TPSA) is 67.9 Å². The highest BCUT2D eigenvalue weighted by atomic mass is 32.1. The standard InChI is InChI=1S/C28H32N2O4S/c1-33-23-15-13-20(14-16-23)27(28(32)29-22-9-4-5-10-22)30(26(31)18-24-11-7-17-35-24)19-21-8-3-6-12-25(21)34-2/h3,6-8,11-17,22,27H,4-5,9-10,18-19H2,1-2H3,(H,29,32)/t27-/m1/s1. The molecule has 6 nitrogen and oxygen atoms in total. The average molecular weight is 493 g/mol. The van der Waals surface area contributed by atoms with E-state index in [0.29, 0.717) is 11.5 Å². The van der Waals surface area contributed by atoms with Crippen molar-refractivity contribution in [2.24, 2.45) is 0 Å². The highest BCUT2D eigenvalue weighted by Gasteiger charge is 2.33. The number of carbonyl (C=O) groups is 2. The van der Waals surface area contributed by atoms with Gasteiger partial charge in [-0.1, -0.05) is 49.2 Å². The van der Waals surface area contributed by atoms with Crippen LogP contribution >= 0.6 is 11.3 Å². The van der Waals surface area contributed by atoms with Gasteiger partial charge in [-0.2, -0.15) is 0 Å². The minimum atomic E-state index is -0.779. The zero-order chi connectivity index (χ0) is 24.6. The van der Waals surface area contributed by atoms with Gasteiger partial charge in [0.25, 0.3) is 0 Å². The van der Waals surface area contributed by atoms with Gasteiger partial charge in [0.2, 0.25) is 11.8 Å². The van der Waals surface area contributed by atoms with Gasteiger partial charge in [0.1, 0.15) is 17.5 Å². The first kappa shape index (κ1) is 24.8. The second kappa shape index (κ2) is 11.9. The van der Waals surface area contributed by atoms with Gasteiger partial charge in [-0.3, -0.25) is 9.59 Å². The van der Waals surface area contributed by atoms with E-state index >= 15 is 0 Å². The maximum atomic E-state index is 13.8. The number of rotatable bonds is 10. The lowest BCUT2D eigenvalue weighted by molar-refractivity contribution is -0.141. The van der Waals surface area contributed by atoms with E-state index in [9.17, 15) is 9.59 Å². The Balaban J connectivity index is 1.73. The lowest BCUT2D eigenvalue weighted by Gasteiger charge is -2.33. The van der Waals surface area contributed by atoms with Crippen LogP contribution in [0.25, 0.3) is 0 Å². The van der Waals surface area contributed by atoms with Gasteiger partial charge in [-0.25, -0.2) is 0 Å². The molecule has 1 aliphatic carbocycles. The molecule has 0 aliphatic heterocycles. The molecule has 0 bridgehead atoms. The van der Waals surface area contributed by atoms with Crippen LogP contribution in [0.2, 0.25) is 0 Å². The van der Waals surface area contributed by atoms with Crippen LogP contribution in [0.5, 0.6) is 11.5 Å². The Morgan fingerprint density at radius 2 is 1.74 bits per heavy atom. The van der Waals surface area contributed by atoms with Crippen molar-refractivity contribution in [3.05, 3.63) is 82.0 Å². The zero-order valence-electron chi connectivity index (χ0n) is 20.2. The number of benzene rings is 2. The first-order valence-electron chi connectivity index (χ1n) is 12.0. The summed E-state index contributed by atoms with van der Waals surface area (Å²) in [4.78, 5) is 30.2. The van der Waals surface area contributed by atoms with E-state index in [-0.39, 0.29) is 30.8 Å².